The molecule has 0 saturated carbocycles. The Kier molecular flexibility index (Phi) is 8.41. The first-order valence-corrected chi connectivity index (χ1v) is 16.0. The van der Waals surface area contributed by atoms with E-state index in [0.717, 1.165) is 0 Å². The number of rotatable bonds is 10. The first kappa shape index (κ1) is 30.0. The van der Waals surface area contributed by atoms with Crippen LogP contribution in [-0.2, 0) is 19.6 Å². The van der Waals surface area contributed by atoms with Crippen LogP contribution in [0.1, 0.15) is 6.92 Å². The number of hydrogen-bond donors (Lipinski definition) is 1. The quantitative estimate of drug-likeness (QED) is 0.0738. The minimum Gasteiger partial charge on any atom is -0.507 e. The van der Waals surface area contributed by atoms with Gasteiger partial charge in [0.15, 0.2) is 0 Å². The van der Waals surface area contributed by atoms with E-state index in [1.54, 1.807) is 115 Å². The lowest BCUT2D eigenvalue weighted by atomic mass is 10.1. The van der Waals surface area contributed by atoms with Crippen molar-refractivity contribution in [1.29, 1.82) is 0 Å². The number of alkyl halides is 2. The van der Waals surface area contributed by atoms with E-state index in [9.17, 15) is 18.3 Å². The maximum atomic E-state index is 15.6. The molecule has 0 aromatic heterocycles. The molecule has 5 aromatic carbocycles. The number of carbonyl (C=O) groups excluding carboxylic acids is 1. The highest BCUT2D eigenvalue weighted by Crippen LogP contribution is 2.68. The summed E-state index contributed by atoms with van der Waals surface area (Å²) in [5.74, 6) is -2.24. The molecule has 1 atom stereocenters. The maximum Gasteiger partial charge on any atom is 0.514 e. The van der Waals surface area contributed by atoms with Gasteiger partial charge in [-0.3, -0.25) is 3.63 Å². The third-order valence-electron chi connectivity index (χ3n) is 6.45. The van der Waals surface area contributed by atoms with Crippen LogP contribution in [0.4, 0.5) is 8.78 Å². The van der Waals surface area contributed by atoms with Gasteiger partial charge in [0.05, 0.1) is 25.0 Å². The monoisotopic (exact) mass is 625 g/mol. The minimum atomic E-state index is -5.85. The fraction of sp³-hybridized carbons (Fsp3) is 0.0938. The van der Waals surface area contributed by atoms with Crippen molar-refractivity contribution in [2.24, 2.45) is 0 Å². The number of benzene rings is 5. The summed E-state index contributed by atoms with van der Waals surface area (Å²) in [4.78, 5) is 13.9. The number of halogens is 2. The van der Waals surface area contributed by atoms with Gasteiger partial charge in [-0.2, -0.15) is 8.78 Å². The number of hydrogen-bond acceptors (Lipinski definition) is 6. The smallest absolute Gasteiger partial charge is 0.507 e. The zero-order valence-electron chi connectivity index (χ0n) is 22.7. The fourth-order valence-corrected chi connectivity index (χ4v) is 9.79. The molecule has 7 nitrogen and oxygen atoms in total. The molecule has 222 valence electrons. The van der Waals surface area contributed by atoms with Crippen LogP contribution in [0.15, 0.2) is 142 Å². The first-order valence-electron chi connectivity index (χ1n) is 13.0. The fourth-order valence-electron chi connectivity index (χ4n) is 4.48. The average molecular weight is 626 g/mol. The first-order chi connectivity index (χ1) is 20.6. The molecule has 2 N–H and O–H groups in total. The van der Waals surface area contributed by atoms with Gasteiger partial charge >= 0.3 is 21.3 Å². The number of phenolic OH excluding ortho intramolecular Hbond substituents is 1. The standard InChI is InChI=1S/C32H26F2O7S2/c1-23(39-30-22-12-19-27-28(30)20-11-21-29(27)35)40-31(36)32(33,34)43(37,38)41-42(24-13-5-2-6-14-24,25-15-7-3-8-16-25)26-17-9-4-10-18-26/h2-23,35H,1H3/p+1. The highest BCUT2D eigenvalue weighted by molar-refractivity contribution is 8.32. The number of phenols is 1. The molecule has 0 saturated heterocycles. The summed E-state index contributed by atoms with van der Waals surface area (Å²) >= 11 is 0. The lowest BCUT2D eigenvalue weighted by Crippen LogP contribution is -2.44. The van der Waals surface area contributed by atoms with E-state index in [2.05, 4.69) is 3.63 Å². The second-order valence-corrected chi connectivity index (χ2v) is 13.9. The van der Waals surface area contributed by atoms with Crippen molar-refractivity contribution in [2.75, 3.05) is 0 Å². The highest BCUT2D eigenvalue weighted by Gasteiger charge is 2.64. The molecule has 11 heteroatoms. The number of ether oxygens (including phenoxy) is 2. The van der Waals surface area contributed by atoms with E-state index in [1.165, 1.54) is 19.1 Å². The lowest BCUT2D eigenvalue weighted by Gasteiger charge is -2.35. The van der Waals surface area contributed by atoms with Crippen molar-refractivity contribution in [3.05, 3.63) is 127 Å². The summed E-state index contributed by atoms with van der Waals surface area (Å²) in [7, 11) is -9.07. The molecule has 1 unspecified atom stereocenters. The number of fused-ring (bicyclic) bond motifs is 1. The Balaban J connectivity index is 1.49. The van der Waals surface area contributed by atoms with Gasteiger partial charge in [0.2, 0.25) is 6.29 Å². The second kappa shape index (κ2) is 12.0. The molecule has 5 aromatic rings. The summed E-state index contributed by atoms with van der Waals surface area (Å²) in [6, 6.07) is 34.1. The van der Waals surface area contributed by atoms with Gasteiger partial charge in [-0.15, -0.1) is 8.42 Å². The maximum absolute atomic E-state index is 15.6. The van der Waals surface area contributed by atoms with Gasteiger partial charge < -0.3 is 14.6 Å². The van der Waals surface area contributed by atoms with Crippen LogP contribution in [0.25, 0.3) is 10.8 Å². The van der Waals surface area contributed by atoms with Crippen LogP contribution in [0, 0.1) is 0 Å². The van der Waals surface area contributed by atoms with E-state index in [-0.39, 0.29) is 11.5 Å². The van der Waals surface area contributed by atoms with Crippen molar-refractivity contribution < 1.29 is 40.2 Å². The molecule has 0 aliphatic carbocycles. The van der Waals surface area contributed by atoms with E-state index in [4.69, 9.17) is 9.47 Å². The van der Waals surface area contributed by atoms with E-state index in [0.29, 0.717) is 25.5 Å². The highest BCUT2D eigenvalue weighted by atomic mass is 32.3. The summed E-state index contributed by atoms with van der Waals surface area (Å²) in [6.07, 6.45) is -1.61. The molecular weight excluding hydrogens is 598 g/mol. The molecule has 0 radical (unpaired) electrons. The van der Waals surface area contributed by atoms with Gasteiger partial charge in [-0.25, -0.2) is 4.79 Å². The molecular formula is C32H27F2O7S2+. The van der Waals surface area contributed by atoms with Gasteiger partial charge in [-0.1, -0.05) is 78.9 Å². The number of carbonyl (C=O) groups is 1. The number of aromatic hydroxyl groups is 1. The molecule has 43 heavy (non-hydrogen) atoms. The van der Waals surface area contributed by atoms with Crippen molar-refractivity contribution in [3.63, 3.8) is 0 Å². The normalized spacial score (nSPS) is 13.3. The Labute approximate surface area is 248 Å². The van der Waals surface area contributed by atoms with Gasteiger partial charge in [0.25, 0.3) is 0 Å². The molecule has 0 aliphatic heterocycles. The zero-order chi connectivity index (χ0) is 30.7. The van der Waals surface area contributed by atoms with Crippen molar-refractivity contribution in [3.8, 4) is 11.5 Å². The predicted molar refractivity (Wildman–Crippen MR) is 160 cm³/mol. The van der Waals surface area contributed by atoms with Crippen LogP contribution < -0.4 is 4.74 Å². The van der Waals surface area contributed by atoms with E-state index >= 15 is 8.78 Å². The molecule has 0 spiro atoms. The van der Waals surface area contributed by atoms with Crippen molar-refractivity contribution in [1.82, 2.24) is 0 Å². The second-order valence-electron chi connectivity index (χ2n) is 9.30. The Morgan fingerprint density at radius 2 is 1.19 bits per heavy atom. The van der Waals surface area contributed by atoms with Crippen molar-refractivity contribution in [2.45, 2.75) is 33.2 Å². The third-order valence-corrected chi connectivity index (χ3v) is 11.8. The molecule has 0 heterocycles. The Morgan fingerprint density at radius 3 is 1.70 bits per heavy atom. The Hall–Kier alpha value is -4.45. The summed E-state index contributed by atoms with van der Waals surface area (Å²) < 4.78 is 72.6. The minimum absolute atomic E-state index is 0.0342. The van der Waals surface area contributed by atoms with Crippen LogP contribution in [0.3, 0.4) is 0 Å². The molecule has 5 rings (SSSR count). The van der Waals surface area contributed by atoms with Gasteiger partial charge in [0.1, 0.15) is 11.5 Å². The molecule has 0 amide bonds. The summed E-state index contributed by atoms with van der Waals surface area (Å²) in [5, 5.41) is 5.89. The Morgan fingerprint density at radius 1 is 0.721 bits per heavy atom. The summed E-state index contributed by atoms with van der Waals surface area (Å²) in [6.45, 7) is 1.17. The Bertz CT molecular complexity index is 1740. The summed E-state index contributed by atoms with van der Waals surface area (Å²) in [5.41, 5.74) is 0. The SMILES string of the molecule is CC(OC(=O)C(F)(F)S(=O)(=O)[OH+]S(c1ccccc1)(c1ccccc1)c1ccccc1)Oc1cccc2c(O)cccc12. The number of esters is 1. The largest absolute Gasteiger partial charge is 0.514 e. The van der Waals surface area contributed by atoms with Crippen LogP contribution >= 0.6 is 10.3 Å². The van der Waals surface area contributed by atoms with Crippen LogP contribution in [0.2, 0.25) is 0 Å². The zero-order valence-corrected chi connectivity index (χ0v) is 24.3. The predicted octanol–water partition coefficient (Wildman–Crippen LogP) is 7.73. The average Bonchev–Trinajstić information content (AvgIpc) is 3.01. The van der Waals surface area contributed by atoms with E-state index < -0.39 is 37.9 Å². The van der Waals surface area contributed by atoms with Crippen molar-refractivity contribution >= 4 is 37.2 Å². The van der Waals surface area contributed by atoms with Crippen LogP contribution in [-0.4, -0.2) is 34.7 Å². The molecule has 0 aliphatic rings. The molecule has 0 bridgehead atoms. The van der Waals surface area contributed by atoms with Gasteiger partial charge in [-0.05, 0) is 48.5 Å². The molecule has 0 fully saturated rings. The topological polar surface area (TPSA) is 103 Å². The third kappa shape index (κ3) is 5.79. The van der Waals surface area contributed by atoms with Gasteiger partial charge in [0, 0.05) is 17.7 Å². The van der Waals surface area contributed by atoms with Crippen LogP contribution in [0.5, 0.6) is 11.5 Å². The lowest BCUT2D eigenvalue weighted by molar-refractivity contribution is -0.179. The van der Waals surface area contributed by atoms with E-state index in [1.807, 2.05) is 0 Å².